The fourth-order valence-corrected chi connectivity index (χ4v) is 5.58. The van der Waals surface area contributed by atoms with Gasteiger partial charge < -0.3 is 20.1 Å². The van der Waals surface area contributed by atoms with E-state index in [0.717, 1.165) is 6.07 Å². The fourth-order valence-electron chi connectivity index (χ4n) is 4.73. The standard InChI is InChI=1S/C26H23ClF2N6O4S/c1-2-39-25(38)17-20(13-6-10-35(11-7-13)26-31-8-5-16(32-26)24(36)37)33-22(23-30-9-12-40-23)34-21(17)14-3-4-15(28)19(29)18(14)27/h3-5,8-9,12-13,21H,2,6-7,10-11H2,1H3,(H,33,34)(H,36,37). The Hall–Kier alpha value is -3.97. The molecule has 3 aromatic rings. The summed E-state index contributed by atoms with van der Waals surface area (Å²) in [5.41, 5.74) is 0.693. The summed E-state index contributed by atoms with van der Waals surface area (Å²) >= 11 is 7.58. The van der Waals surface area contributed by atoms with Gasteiger partial charge in [-0.25, -0.2) is 33.3 Å². The number of carboxylic acid groups (broad SMARTS) is 1. The van der Waals surface area contributed by atoms with Crippen molar-refractivity contribution in [2.75, 3.05) is 24.6 Å². The normalized spacial score (nSPS) is 17.9. The van der Waals surface area contributed by atoms with E-state index in [9.17, 15) is 23.5 Å². The summed E-state index contributed by atoms with van der Waals surface area (Å²) in [5, 5.41) is 14.4. The number of rotatable bonds is 7. The number of anilines is 1. The number of nitrogens with one attached hydrogen (secondary N) is 1. The Morgan fingerprint density at radius 3 is 2.65 bits per heavy atom. The summed E-state index contributed by atoms with van der Waals surface area (Å²) in [6.45, 7) is 2.69. The van der Waals surface area contributed by atoms with Gasteiger partial charge in [-0.3, -0.25) is 4.99 Å². The van der Waals surface area contributed by atoms with Crippen molar-refractivity contribution < 1.29 is 28.2 Å². The second kappa shape index (κ2) is 11.6. The Morgan fingerprint density at radius 2 is 1.98 bits per heavy atom. The third-order valence-corrected chi connectivity index (χ3v) is 7.78. The van der Waals surface area contributed by atoms with Crippen molar-refractivity contribution in [1.82, 2.24) is 20.3 Å². The van der Waals surface area contributed by atoms with Crippen LogP contribution >= 0.6 is 22.9 Å². The van der Waals surface area contributed by atoms with Crippen LogP contribution in [0.2, 0.25) is 5.02 Å². The molecule has 4 heterocycles. The second-order valence-corrected chi connectivity index (χ2v) is 10.2. The third-order valence-electron chi connectivity index (χ3n) is 6.61. The lowest BCUT2D eigenvalue weighted by Gasteiger charge is -2.36. The number of benzene rings is 1. The number of hydrogen-bond acceptors (Lipinski definition) is 10. The van der Waals surface area contributed by atoms with Crippen LogP contribution in [0.4, 0.5) is 14.7 Å². The maximum atomic E-state index is 14.6. The fraction of sp³-hybridized carbons (Fsp3) is 0.308. The summed E-state index contributed by atoms with van der Waals surface area (Å²) in [6.07, 6.45) is 4.08. The first-order chi connectivity index (χ1) is 19.3. The number of nitrogens with zero attached hydrogens (tertiary/aromatic N) is 5. The Kier molecular flexibility index (Phi) is 8.03. The largest absolute Gasteiger partial charge is 0.477 e. The number of amidine groups is 1. The predicted molar refractivity (Wildman–Crippen MR) is 143 cm³/mol. The molecule has 0 radical (unpaired) electrons. The lowest BCUT2D eigenvalue weighted by Crippen LogP contribution is -2.42. The Labute approximate surface area is 236 Å². The number of carbonyl (C=O) groups is 2. The Bertz CT molecular complexity index is 1510. The number of ether oxygens (including phenoxy) is 1. The molecule has 1 aromatic carbocycles. The van der Waals surface area contributed by atoms with Gasteiger partial charge in [-0.05, 0) is 31.9 Å². The van der Waals surface area contributed by atoms with Crippen LogP contribution in [0, 0.1) is 17.6 Å². The van der Waals surface area contributed by atoms with Gasteiger partial charge in [-0.1, -0.05) is 17.7 Å². The molecule has 2 aliphatic rings. The summed E-state index contributed by atoms with van der Waals surface area (Å²) in [7, 11) is 0. The van der Waals surface area contributed by atoms with Crippen molar-refractivity contribution >= 4 is 46.7 Å². The number of aliphatic imine (C=N–C) groups is 1. The molecular formula is C26H23ClF2N6O4S. The molecule has 1 fully saturated rings. The van der Waals surface area contributed by atoms with Gasteiger partial charge in [0.2, 0.25) is 5.95 Å². The molecule has 2 aliphatic heterocycles. The number of piperidine rings is 1. The van der Waals surface area contributed by atoms with Gasteiger partial charge in [0.25, 0.3) is 0 Å². The number of carbonyl (C=O) groups excluding carboxylic acids is 1. The van der Waals surface area contributed by atoms with Crippen LogP contribution in [0.5, 0.6) is 0 Å². The van der Waals surface area contributed by atoms with E-state index >= 15 is 0 Å². The molecule has 10 nitrogen and oxygen atoms in total. The zero-order valence-electron chi connectivity index (χ0n) is 21.1. The average Bonchev–Trinajstić information content (AvgIpc) is 3.51. The number of allylic oxidation sites excluding steroid dienone is 1. The summed E-state index contributed by atoms with van der Waals surface area (Å²) in [4.78, 5) is 44.0. The maximum absolute atomic E-state index is 14.6. The first-order valence-electron chi connectivity index (χ1n) is 12.4. The highest BCUT2D eigenvalue weighted by molar-refractivity contribution is 7.11. The number of carboxylic acids is 1. The van der Waals surface area contributed by atoms with Gasteiger partial charge in [0, 0.05) is 48.0 Å². The quantitative estimate of drug-likeness (QED) is 0.305. The highest BCUT2D eigenvalue weighted by Gasteiger charge is 2.38. The van der Waals surface area contributed by atoms with Crippen molar-refractivity contribution in [2.24, 2.45) is 10.9 Å². The molecule has 0 saturated carbocycles. The number of aromatic nitrogens is 3. The molecule has 208 valence electrons. The highest BCUT2D eigenvalue weighted by atomic mass is 35.5. The van der Waals surface area contributed by atoms with E-state index in [1.807, 2.05) is 4.90 Å². The van der Waals surface area contributed by atoms with E-state index in [1.54, 1.807) is 18.5 Å². The maximum Gasteiger partial charge on any atom is 0.354 e. The van der Waals surface area contributed by atoms with Crippen molar-refractivity contribution in [3.63, 3.8) is 0 Å². The van der Waals surface area contributed by atoms with E-state index in [0.29, 0.717) is 48.4 Å². The van der Waals surface area contributed by atoms with Crippen LogP contribution in [0.25, 0.3) is 0 Å². The molecule has 1 saturated heterocycles. The number of esters is 1. The minimum absolute atomic E-state index is 0.0899. The molecule has 0 spiro atoms. The topological polar surface area (TPSA) is 130 Å². The minimum atomic E-state index is -1.23. The van der Waals surface area contributed by atoms with Crippen LogP contribution < -0.4 is 10.2 Å². The summed E-state index contributed by atoms with van der Waals surface area (Å²) in [5.74, 6) is -3.69. The molecule has 1 atom stereocenters. The van der Waals surface area contributed by atoms with Crippen LogP contribution in [0.3, 0.4) is 0 Å². The van der Waals surface area contributed by atoms with Crippen molar-refractivity contribution in [3.05, 3.63) is 80.2 Å². The van der Waals surface area contributed by atoms with Crippen LogP contribution in [-0.4, -0.2) is 57.5 Å². The molecule has 40 heavy (non-hydrogen) atoms. The van der Waals surface area contributed by atoms with Gasteiger partial charge in [0.05, 0.1) is 17.2 Å². The van der Waals surface area contributed by atoms with Gasteiger partial charge in [-0.2, -0.15) is 0 Å². The van der Waals surface area contributed by atoms with Gasteiger partial charge >= 0.3 is 11.9 Å². The minimum Gasteiger partial charge on any atom is -0.477 e. The summed E-state index contributed by atoms with van der Waals surface area (Å²) < 4.78 is 33.9. The smallest absolute Gasteiger partial charge is 0.354 e. The first kappa shape index (κ1) is 27.6. The van der Waals surface area contributed by atoms with E-state index in [-0.39, 0.29) is 29.4 Å². The van der Waals surface area contributed by atoms with Gasteiger partial charge in [0.15, 0.2) is 28.2 Å². The Balaban J connectivity index is 1.54. The average molecular weight is 589 g/mol. The molecular weight excluding hydrogens is 566 g/mol. The second-order valence-electron chi connectivity index (χ2n) is 8.96. The van der Waals surface area contributed by atoms with Gasteiger partial charge in [-0.15, -0.1) is 11.3 Å². The molecule has 0 bridgehead atoms. The van der Waals surface area contributed by atoms with Crippen LogP contribution in [0.1, 0.15) is 46.9 Å². The number of halogens is 3. The van der Waals surface area contributed by atoms with Crippen LogP contribution in [-0.2, 0) is 9.53 Å². The molecule has 0 aliphatic carbocycles. The van der Waals surface area contributed by atoms with Crippen molar-refractivity contribution in [1.29, 1.82) is 0 Å². The lowest BCUT2D eigenvalue weighted by molar-refractivity contribution is -0.139. The van der Waals surface area contributed by atoms with Gasteiger partial charge in [0.1, 0.15) is 6.04 Å². The number of thiazole rings is 1. The molecule has 2 aromatic heterocycles. The molecule has 1 unspecified atom stereocenters. The highest BCUT2D eigenvalue weighted by Crippen LogP contribution is 2.41. The Morgan fingerprint density at radius 1 is 1.20 bits per heavy atom. The monoisotopic (exact) mass is 588 g/mol. The number of aromatic carboxylic acids is 1. The van der Waals surface area contributed by atoms with E-state index in [1.165, 1.54) is 29.7 Å². The van der Waals surface area contributed by atoms with E-state index in [4.69, 9.17) is 16.3 Å². The third kappa shape index (κ3) is 5.39. The van der Waals surface area contributed by atoms with E-state index < -0.39 is 34.6 Å². The predicted octanol–water partition coefficient (Wildman–Crippen LogP) is 4.39. The van der Waals surface area contributed by atoms with Crippen molar-refractivity contribution in [2.45, 2.75) is 25.8 Å². The zero-order chi connectivity index (χ0) is 28.4. The number of hydrogen-bond donors (Lipinski definition) is 2. The zero-order valence-corrected chi connectivity index (χ0v) is 22.7. The lowest BCUT2D eigenvalue weighted by atomic mass is 9.85. The molecule has 5 rings (SSSR count). The van der Waals surface area contributed by atoms with E-state index in [2.05, 4.69) is 25.3 Å². The van der Waals surface area contributed by atoms with Crippen molar-refractivity contribution in [3.8, 4) is 0 Å². The molecule has 0 amide bonds. The summed E-state index contributed by atoms with van der Waals surface area (Å²) in [6, 6.07) is 2.50. The molecule has 14 heteroatoms. The SMILES string of the molecule is CCOC(=O)C1=C(C2CCN(c3nccc(C(=O)O)n3)CC2)NC(c2nccs2)=NC1c1ccc(F)c(F)c1Cl. The van der Waals surface area contributed by atoms with Crippen LogP contribution in [0.15, 0.2) is 52.2 Å². The first-order valence-corrected chi connectivity index (χ1v) is 13.6. The molecule has 2 N–H and O–H groups in total.